The van der Waals surface area contributed by atoms with E-state index < -0.39 is 11.9 Å². The number of aliphatic hydroxyl groups is 1. The molecule has 0 radical (unpaired) electrons. The molecule has 1 aliphatic rings. The number of nitrogens with zero attached hydrogens (tertiary/aromatic N) is 2. The lowest BCUT2D eigenvalue weighted by Gasteiger charge is -2.39. The number of halogens is 1. The van der Waals surface area contributed by atoms with E-state index in [1.807, 2.05) is 13.8 Å². The summed E-state index contributed by atoms with van der Waals surface area (Å²) in [6.45, 7) is 6.73. The van der Waals surface area contributed by atoms with Gasteiger partial charge in [-0.2, -0.15) is 0 Å². The van der Waals surface area contributed by atoms with E-state index in [1.165, 1.54) is 12.1 Å². The first-order valence-corrected chi connectivity index (χ1v) is 8.65. The molecular weight excluding hydrogens is 311 g/mol. The molecule has 2 unspecified atom stereocenters. The van der Waals surface area contributed by atoms with Crippen molar-refractivity contribution in [2.24, 2.45) is 0 Å². The Kier molecular flexibility index (Phi) is 6.99. The third-order valence-corrected chi connectivity index (χ3v) is 4.58. The van der Waals surface area contributed by atoms with Gasteiger partial charge in [-0.15, -0.1) is 0 Å². The molecule has 6 heteroatoms. The molecule has 1 fully saturated rings. The molecule has 0 aromatic heterocycles. The lowest BCUT2D eigenvalue weighted by atomic mass is 10.1. The number of rotatable bonds is 7. The molecular formula is C18H27FN2O3. The molecule has 1 aliphatic heterocycles. The second kappa shape index (κ2) is 8.99. The molecule has 1 aromatic rings. The minimum absolute atomic E-state index is 0.0996. The van der Waals surface area contributed by atoms with Crippen molar-refractivity contribution in [2.75, 3.05) is 32.8 Å². The minimum Gasteiger partial charge on any atom is -0.478 e. The van der Waals surface area contributed by atoms with Crippen LogP contribution in [0.4, 0.5) is 4.39 Å². The van der Waals surface area contributed by atoms with E-state index in [0.29, 0.717) is 19.5 Å². The summed E-state index contributed by atoms with van der Waals surface area (Å²) in [6.07, 6.45) is 0.702. The predicted octanol–water partition coefficient (Wildman–Crippen LogP) is 1.90. The van der Waals surface area contributed by atoms with Gasteiger partial charge in [-0.05, 0) is 25.0 Å². The maximum absolute atomic E-state index is 13.7. The van der Waals surface area contributed by atoms with Gasteiger partial charge in [-0.3, -0.25) is 9.69 Å². The van der Waals surface area contributed by atoms with Crippen LogP contribution < -0.4 is 4.74 Å². The molecule has 134 valence electrons. The SMILES string of the molecule is CCC(Oc1ccccc1F)C(=O)N1CCN(C(CC)CO)CC1. The number of piperazine rings is 1. The van der Waals surface area contributed by atoms with Crippen LogP contribution in [0.25, 0.3) is 0 Å². The summed E-state index contributed by atoms with van der Waals surface area (Å²) < 4.78 is 19.3. The molecule has 5 nitrogen and oxygen atoms in total. The van der Waals surface area contributed by atoms with E-state index in [0.717, 1.165) is 19.5 Å². The number of hydrogen-bond donors (Lipinski definition) is 1. The summed E-state index contributed by atoms with van der Waals surface area (Å²) in [5.74, 6) is -0.442. The number of carbonyl (C=O) groups excluding carboxylic acids is 1. The topological polar surface area (TPSA) is 53.0 Å². The Morgan fingerprint density at radius 1 is 1.21 bits per heavy atom. The molecule has 0 bridgehead atoms. The van der Waals surface area contributed by atoms with Gasteiger partial charge in [0.2, 0.25) is 0 Å². The van der Waals surface area contributed by atoms with Crippen LogP contribution in [0.5, 0.6) is 5.75 Å². The van der Waals surface area contributed by atoms with Crippen LogP contribution in [-0.4, -0.2) is 65.7 Å². The molecule has 0 saturated carbocycles. The summed E-state index contributed by atoms with van der Waals surface area (Å²) in [5, 5.41) is 9.39. The van der Waals surface area contributed by atoms with Crippen LogP contribution in [0.15, 0.2) is 24.3 Å². The zero-order valence-electron chi connectivity index (χ0n) is 14.4. The molecule has 2 rings (SSSR count). The van der Waals surface area contributed by atoms with E-state index in [1.54, 1.807) is 17.0 Å². The second-order valence-corrected chi connectivity index (χ2v) is 6.05. The molecule has 1 amide bonds. The average molecular weight is 338 g/mol. The van der Waals surface area contributed by atoms with Gasteiger partial charge in [-0.25, -0.2) is 4.39 Å². The van der Waals surface area contributed by atoms with Gasteiger partial charge in [0.15, 0.2) is 17.7 Å². The van der Waals surface area contributed by atoms with Crippen molar-refractivity contribution >= 4 is 5.91 Å². The lowest BCUT2D eigenvalue weighted by molar-refractivity contribution is -0.141. The zero-order chi connectivity index (χ0) is 17.5. The highest BCUT2D eigenvalue weighted by Crippen LogP contribution is 2.19. The Morgan fingerprint density at radius 3 is 2.42 bits per heavy atom. The van der Waals surface area contributed by atoms with Gasteiger partial charge < -0.3 is 14.7 Å². The highest BCUT2D eigenvalue weighted by molar-refractivity contribution is 5.81. The minimum atomic E-state index is -0.673. The van der Waals surface area contributed by atoms with E-state index in [9.17, 15) is 14.3 Å². The Bertz CT molecular complexity index is 529. The van der Waals surface area contributed by atoms with E-state index in [-0.39, 0.29) is 24.3 Å². The van der Waals surface area contributed by atoms with Crippen molar-refractivity contribution in [1.29, 1.82) is 0 Å². The standard InChI is InChI=1S/C18H27FN2O3/c1-3-14(13-22)20-9-11-21(12-10-20)18(23)16(4-2)24-17-8-6-5-7-15(17)19/h5-8,14,16,22H,3-4,9-13H2,1-2H3. The Hall–Kier alpha value is -1.66. The van der Waals surface area contributed by atoms with Gasteiger partial charge in [0.05, 0.1) is 6.61 Å². The third kappa shape index (κ3) is 4.45. The van der Waals surface area contributed by atoms with Gasteiger partial charge >= 0.3 is 0 Å². The Balaban J connectivity index is 1.94. The fourth-order valence-electron chi connectivity index (χ4n) is 3.02. The first-order valence-electron chi connectivity index (χ1n) is 8.65. The van der Waals surface area contributed by atoms with Crippen LogP contribution in [0.3, 0.4) is 0 Å². The molecule has 1 heterocycles. The van der Waals surface area contributed by atoms with Crippen molar-refractivity contribution in [3.8, 4) is 5.75 Å². The van der Waals surface area contributed by atoms with Crippen LogP contribution in [0, 0.1) is 5.82 Å². The van der Waals surface area contributed by atoms with Crippen molar-refractivity contribution in [3.63, 3.8) is 0 Å². The number of carbonyl (C=O) groups is 1. The van der Waals surface area contributed by atoms with Crippen LogP contribution in [0.2, 0.25) is 0 Å². The number of aliphatic hydroxyl groups excluding tert-OH is 1. The van der Waals surface area contributed by atoms with Gasteiger partial charge in [0, 0.05) is 32.2 Å². The first-order chi connectivity index (χ1) is 11.6. The summed E-state index contributed by atoms with van der Waals surface area (Å²) >= 11 is 0. The summed E-state index contributed by atoms with van der Waals surface area (Å²) in [4.78, 5) is 16.7. The van der Waals surface area contributed by atoms with E-state index in [4.69, 9.17) is 4.74 Å². The van der Waals surface area contributed by atoms with Gasteiger partial charge in [0.25, 0.3) is 5.91 Å². The number of benzene rings is 1. The number of hydrogen-bond acceptors (Lipinski definition) is 4. The summed E-state index contributed by atoms with van der Waals surface area (Å²) in [6, 6.07) is 6.30. The van der Waals surface area contributed by atoms with Crippen molar-refractivity contribution in [3.05, 3.63) is 30.1 Å². The highest BCUT2D eigenvalue weighted by atomic mass is 19.1. The van der Waals surface area contributed by atoms with Crippen LogP contribution in [-0.2, 0) is 4.79 Å². The number of ether oxygens (including phenoxy) is 1. The van der Waals surface area contributed by atoms with Gasteiger partial charge in [-0.1, -0.05) is 26.0 Å². The smallest absolute Gasteiger partial charge is 0.263 e. The fourth-order valence-corrected chi connectivity index (χ4v) is 3.02. The predicted molar refractivity (Wildman–Crippen MR) is 90.4 cm³/mol. The van der Waals surface area contributed by atoms with E-state index in [2.05, 4.69) is 4.90 Å². The van der Waals surface area contributed by atoms with Crippen molar-refractivity contribution in [1.82, 2.24) is 9.80 Å². The monoisotopic (exact) mass is 338 g/mol. The maximum Gasteiger partial charge on any atom is 0.263 e. The number of amides is 1. The fraction of sp³-hybridized carbons (Fsp3) is 0.611. The zero-order valence-corrected chi connectivity index (χ0v) is 14.4. The molecule has 0 spiro atoms. The number of para-hydroxylation sites is 1. The quantitative estimate of drug-likeness (QED) is 0.825. The van der Waals surface area contributed by atoms with Crippen molar-refractivity contribution < 1.29 is 19.0 Å². The largest absolute Gasteiger partial charge is 0.478 e. The van der Waals surface area contributed by atoms with Crippen LogP contribution >= 0.6 is 0 Å². The maximum atomic E-state index is 13.7. The van der Waals surface area contributed by atoms with Gasteiger partial charge in [0.1, 0.15) is 0 Å². The normalized spacial score (nSPS) is 18.2. The Labute approximate surface area is 143 Å². The summed E-state index contributed by atoms with van der Waals surface area (Å²) in [7, 11) is 0. The molecule has 2 atom stereocenters. The Morgan fingerprint density at radius 2 is 1.88 bits per heavy atom. The molecule has 0 aliphatic carbocycles. The molecule has 24 heavy (non-hydrogen) atoms. The summed E-state index contributed by atoms with van der Waals surface area (Å²) in [5.41, 5.74) is 0. The first kappa shape index (κ1) is 18.7. The molecule has 1 N–H and O–H groups in total. The highest BCUT2D eigenvalue weighted by Gasteiger charge is 2.30. The molecule has 1 saturated heterocycles. The second-order valence-electron chi connectivity index (χ2n) is 6.05. The average Bonchev–Trinajstić information content (AvgIpc) is 2.62. The lowest BCUT2D eigenvalue weighted by Crippen LogP contribution is -2.55. The third-order valence-electron chi connectivity index (χ3n) is 4.58. The van der Waals surface area contributed by atoms with Crippen molar-refractivity contribution in [2.45, 2.75) is 38.8 Å². The van der Waals surface area contributed by atoms with Crippen LogP contribution in [0.1, 0.15) is 26.7 Å². The van der Waals surface area contributed by atoms with E-state index >= 15 is 0 Å². The molecule has 1 aromatic carbocycles.